The maximum atomic E-state index is 5.81. The molecule has 0 radical (unpaired) electrons. The molecule has 14 heavy (non-hydrogen) atoms. The molecule has 2 aliphatic rings. The number of hydrogen-bond donors (Lipinski definition) is 1. The molecule has 0 aromatic rings. The molecule has 0 aromatic heterocycles. The first-order valence-corrected chi connectivity index (χ1v) is 5.95. The zero-order valence-electron chi connectivity index (χ0n) is 9.28. The lowest BCUT2D eigenvalue weighted by molar-refractivity contribution is 0.113. The van der Waals surface area contributed by atoms with E-state index in [9.17, 15) is 0 Å². The van der Waals surface area contributed by atoms with Crippen LogP contribution in [0.3, 0.4) is 0 Å². The van der Waals surface area contributed by atoms with Crippen LogP contribution in [0.2, 0.25) is 0 Å². The van der Waals surface area contributed by atoms with Gasteiger partial charge >= 0.3 is 0 Å². The Balaban J connectivity index is 1.88. The Labute approximate surface area is 87.2 Å². The number of nitrogens with zero attached hydrogens (tertiary/aromatic N) is 2. The van der Waals surface area contributed by atoms with Gasteiger partial charge in [0.15, 0.2) is 0 Å². The zero-order valence-corrected chi connectivity index (χ0v) is 9.28. The van der Waals surface area contributed by atoms with Crippen molar-refractivity contribution >= 4 is 0 Å². The first-order chi connectivity index (χ1) is 6.81. The van der Waals surface area contributed by atoms with E-state index >= 15 is 0 Å². The summed E-state index contributed by atoms with van der Waals surface area (Å²) in [5.74, 6) is 0. The van der Waals surface area contributed by atoms with E-state index in [-0.39, 0.29) is 0 Å². The summed E-state index contributed by atoms with van der Waals surface area (Å²) >= 11 is 0. The Morgan fingerprint density at radius 3 is 2.50 bits per heavy atom. The van der Waals surface area contributed by atoms with Gasteiger partial charge in [-0.15, -0.1) is 0 Å². The molecule has 2 heterocycles. The lowest BCUT2D eigenvalue weighted by Crippen LogP contribution is -2.47. The topological polar surface area (TPSA) is 32.5 Å². The first-order valence-electron chi connectivity index (χ1n) is 5.95. The summed E-state index contributed by atoms with van der Waals surface area (Å²) in [5, 5.41) is 0. The molecule has 0 bridgehead atoms. The minimum absolute atomic E-state index is 0.684. The van der Waals surface area contributed by atoms with Gasteiger partial charge in [0.25, 0.3) is 0 Å². The molecule has 1 atom stereocenters. The molecule has 2 fully saturated rings. The van der Waals surface area contributed by atoms with Crippen molar-refractivity contribution in [2.75, 3.05) is 33.2 Å². The Kier molecular flexibility index (Phi) is 3.42. The van der Waals surface area contributed by atoms with Gasteiger partial charge in [-0.2, -0.15) is 0 Å². The van der Waals surface area contributed by atoms with Crippen LogP contribution in [0.25, 0.3) is 0 Å². The molecule has 0 unspecified atom stereocenters. The summed E-state index contributed by atoms with van der Waals surface area (Å²) in [4.78, 5) is 5.11. The average molecular weight is 197 g/mol. The van der Waals surface area contributed by atoms with E-state index < -0.39 is 0 Å². The molecule has 3 nitrogen and oxygen atoms in total. The smallest absolute Gasteiger partial charge is 0.0221 e. The molecule has 2 N–H and O–H groups in total. The van der Waals surface area contributed by atoms with Crippen LogP contribution in [0.5, 0.6) is 0 Å². The molecule has 0 spiro atoms. The van der Waals surface area contributed by atoms with E-state index in [0.717, 1.165) is 12.6 Å². The largest absolute Gasteiger partial charge is 0.329 e. The van der Waals surface area contributed by atoms with Crippen molar-refractivity contribution < 1.29 is 0 Å². The van der Waals surface area contributed by atoms with Gasteiger partial charge < -0.3 is 10.6 Å². The van der Waals surface area contributed by atoms with E-state index in [0.29, 0.717) is 6.04 Å². The highest BCUT2D eigenvalue weighted by atomic mass is 15.2. The third-order valence-corrected chi connectivity index (χ3v) is 3.85. The SMILES string of the molecule is CN1CCC(N2CCC[C@H]2CN)CC1. The van der Waals surface area contributed by atoms with Gasteiger partial charge in [-0.05, 0) is 52.4 Å². The Morgan fingerprint density at radius 1 is 1.14 bits per heavy atom. The molecule has 3 heteroatoms. The summed E-state index contributed by atoms with van der Waals surface area (Å²) in [6, 6.07) is 1.51. The Bertz CT molecular complexity index is 175. The van der Waals surface area contributed by atoms with Crippen molar-refractivity contribution in [3.8, 4) is 0 Å². The molecule has 82 valence electrons. The summed E-state index contributed by atoms with van der Waals surface area (Å²) in [6.07, 6.45) is 5.36. The van der Waals surface area contributed by atoms with Crippen LogP contribution >= 0.6 is 0 Å². The molecule has 0 amide bonds. The molecular formula is C11H23N3. The number of likely N-dealkylation sites (tertiary alicyclic amines) is 2. The fraction of sp³-hybridized carbons (Fsp3) is 1.00. The van der Waals surface area contributed by atoms with Crippen molar-refractivity contribution in [3.63, 3.8) is 0 Å². The monoisotopic (exact) mass is 197 g/mol. The van der Waals surface area contributed by atoms with Crippen LogP contribution in [0.4, 0.5) is 0 Å². The molecule has 0 saturated carbocycles. The van der Waals surface area contributed by atoms with Crippen LogP contribution in [0.15, 0.2) is 0 Å². The molecule has 2 rings (SSSR count). The van der Waals surface area contributed by atoms with Gasteiger partial charge in [0.1, 0.15) is 0 Å². The van der Waals surface area contributed by atoms with Crippen LogP contribution in [0.1, 0.15) is 25.7 Å². The maximum absolute atomic E-state index is 5.81. The zero-order chi connectivity index (χ0) is 9.97. The number of hydrogen-bond acceptors (Lipinski definition) is 3. The van der Waals surface area contributed by atoms with Crippen molar-refractivity contribution in [1.29, 1.82) is 0 Å². The fourth-order valence-electron chi connectivity index (χ4n) is 2.92. The van der Waals surface area contributed by atoms with Crippen molar-refractivity contribution in [3.05, 3.63) is 0 Å². The molecule has 0 aromatic carbocycles. The highest BCUT2D eigenvalue weighted by Gasteiger charge is 2.31. The third-order valence-electron chi connectivity index (χ3n) is 3.85. The standard InChI is InChI=1S/C11H23N3/c1-13-7-4-10(5-8-13)14-6-2-3-11(14)9-12/h10-11H,2-9,12H2,1H3/t11-/m0/s1. The van der Waals surface area contributed by atoms with Gasteiger partial charge in [-0.1, -0.05) is 0 Å². The molecular weight excluding hydrogens is 174 g/mol. The van der Waals surface area contributed by atoms with Gasteiger partial charge in [0.2, 0.25) is 0 Å². The summed E-state index contributed by atoms with van der Waals surface area (Å²) < 4.78 is 0. The average Bonchev–Trinajstić information content (AvgIpc) is 2.67. The Morgan fingerprint density at radius 2 is 1.86 bits per heavy atom. The second-order valence-electron chi connectivity index (χ2n) is 4.80. The summed E-state index contributed by atoms with van der Waals surface area (Å²) in [5.41, 5.74) is 5.81. The van der Waals surface area contributed by atoms with E-state index in [2.05, 4.69) is 16.8 Å². The van der Waals surface area contributed by atoms with Crippen molar-refractivity contribution in [2.24, 2.45) is 5.73 Å². The number of nitrogens with two attached hydrogens (primary N) is 1. The van der Waals surface area contributed by atoms with E-state index in [1.54, 1.807) is 0 Å². The van der Waals surface area contributed by atoms with Crippen molar-refractivity contribution in [2.45, 2.75) is 37.8 Å². The highest BCUT2D eigenvalue weighted by molar-refractivity contribution is 4.87. The van der Waals surface area contributed by atoms with Gasteiger partial charge in [-0.3, -0.25) is 4.90 Å². The van der Waals surface area contributed by atoms with E-state index in [4.69, 9.17) is 5.73 Å². The molecule has 0 aliphatic carbocycles. The maximum Gasteiger partial charge on any atom is 0.0221 e. The second-order valence-corrected chi connectivity index (χ2v) is 4.80. The second kappa shape index (κ2) is 4.60. The summed E-state index contributed by atoms with van der Waals surface area (Å²) in [7, 11) is 2.22. The lowest BCUT2D eigenvalue weighted by Gasteiger charge is -2.38. The van der Waals surface area contributed by atoms with Gasteiger partial charge in [0.05, 0.1) is 0 Å². The quantitative estimate of drug-likeness (QED) is 0.700. The van der Waals surface area contributed by atoms with Crippen molar-refractivity contribution in [1.82, 2.24) is 9.80 Å². The predicted octanol–water partition coefficient (Wildman–Crippen LogP) is 0.504. The van der Waals surface area contributed by atoms with Gasteiger partial charge in [0, 0.05) is 18.6 Å². The fourth-order valence-corrected chi connectivity index (χ4v) is 2.92. The molecule has 2 saturated heterocycles. The first kappa shape index (κ1) is 10.4. The van der Waals surface area contributed by atoms with Crippen LogP contribution in [0, 0.1) is 0 Å². The van der Waals surface area contributed by atoms with E-state index in [1.807, 2.05) is 0 Å². The van der Waals surface area contributed by atoms with Crippen LogP contribution < -0.4 is 5.73 Å². The number of rotatable bonds is 2. The predicted molar refractivity (Wildman–Crippen MR) is 59.3 cm³/mol. The van der Waals surface area contributed by atoms with Gasteiger partial charge in [-0.25, -0.2) is 0 Å². The minimum atomic E-state index is 0.684. The Hall–Kier alpha value is -0.120. The van der Waals surface area contributed by atoms with Crippen LogP contribution in [-0.2, 0) is 0 Å². The normalized spacial score (nSPS) is 32.6. The lowest BCUT2D eigenvalue weighted by atomic mass is 10.0. The third kappa shape index (κ3) is 2.10. The number of piperidine rings is 1. The molecule has 2 aliphatic heterocycles. The highest BCUT2D eigenvalue weighted by Crippen LogP contribution is 2.24. The minimum Gasteiger partial charge on any atom is -0.329 e. The van der Waals surface area contributed by atoms with E-state index in [1.165, 1.54) is 45.3 Å². The summed E-state index contributed by atoms with van der Waals surface area (Å²) in [6.45, 7) is 4.67. The van der Waals surface area contributed by atoms with Crippen LogP contribution in [-0.4, -0.2) is 55.1 Å².